The lowest BCUT2D eigenvalue weighted by Crippen LogP contribution is -1.92. The van der Waals surface area contributed by atoms with Crippen LogP contribution in [0.5, 0.6) is 5.75 Å². The summed E-state index contributed by atoms with van der Waals surface area (Å²) in [5.74, 6) is 1.86. The first kappa shape index (κ1) is 17.9. The number of ether oxygens (including phenoxy) is 1. The smallest absolute Gasteiger partial charge is 0.247 e. The highest BCUT2D eigenvalue weighted by Gasteiger charge is 2.20. The highest BCUT2D eigenvalue weighted by molar-refractivity contribution is 7.99. The van der Waals surface area contributed by atoms with Gasteiger partial charge in [-0.2, -0.15) is 0 Å². The van der Waals surface area contributed by atoms with Gasteiger partial charge in [-0.3, -0.25) is 0 Å². The number of thioether (sulfide) groups is 1. The second-order valence-corrected chi connectivity index (χ2v) is 8.61. The van der Waals surface area contributed by atoms with Gasteiger partial charge >= 0.3 is 0 Å². The van der Waals surface area contributed by atoms with Crippen LogP contribution in [-0.4, -0.2) is 27.3 Å². The number of rotatable bonds is 5. The summed E-state index contributed by atoms with van der Waals surface area (Å²) in [6.07, 6.45) is 1.61. The van der Waals surface area contributed by atoms with E-state index < -0.39 is 0 Å². The van der Waals surface area contributed by atoms with Crippen molar-refractivity contribution < 1.29 is 9.15 Å². The van der Waals surface area contributed by atoms with Crippen molar-refractivity contribution in [3.8, 4) is 17.2 Å². The Kier molecular flexibility index (Phi) is 4.84. The SMILES string of the molecule is COc1ccc(-c2nnc([C@H](C)Sc3ncnc4sc(C)c(C)c34)o2)cc1. The van der Waals surface area contributed by atoms with Crippen molar-refractivity contribution in [2.24, 2.45) is 0 Å². The maximum absolute atomic E-state index is 5.90. The van der Waals surface area contributed by atoms with Gasteiger partial charge in [-0.1, -0.05) is 11.8 Å². The largest absolute Gasteiger partial charge is 0.497 e. The van der Waals surface area contributed by atoms with Gasteiger partial charge in [0.05, 0.1) is 12.4 Å². The predicted molar refractivity (Wildman–Crippen MR) is 107 cm³/mol. The molecule has 0 aliphatic heterocycles. The average molecular weight is 399 g/mol. The molecule has 27 heavy (non-hydrogen) atoms. The van der Waals surface area contributed by atoms with E-state index in [1.165, 1.54) is 10.4 Å². The molecule has 0 fully saturated rings. The molecule has 1 aromatic carbocycles. The van der Waals surface area contributed by atoms with E-state index in [9.17, 15) is 0 Å². The Morgan fingerprint density at radius 3 is 2.63 bits per heavy atom. The zero-order valence-corrected chi connectivity index (χ0v) is 17.0. The van der Waals surface area contributed by atoms with Gasteiger partial charge in [0, 0.05) is 15.8 Å². The molecule has 4 rings (SSSR count). The molecule has 0 saturated heterocycles. The first-order chi connectivity index (χ1) is 13.1. The minimum Gasteiger partial charge on any atom is -0.497 e. The van der Waals surface area contributed by atoms with E-state index >= 15 is 0 Å². The fourth-order valence-corrected chi connectivity index (χ4v) is 4.77. The second kappa shape index (κ2) is 7.28. The minimum atomic E-state index is -0.0257. The maximum Gasteiger partial charge on any atom is 0.247 e. The van der Waals surface area contributed by atoms with E-state index in [1.807, 2.05) is 31.2 Å². The molecule has 0 unspecified atom stereocenters. The normalized spacial score (nSPS) is 12.4. The van der Waals surface area contributed by atoms with Crippen LogP contribution >= 0.6 is 23.1 Å². The molecule has 3 aromatic heterocycles. The van der Waals surface area contributed by atoms with Crippen LogP contribution in [0.15, 0.2) is 40.0 Å². The van der Waals surface area contributed by atoms with Crippen LogP contribution < -0.4 is 4.74 Å². The molecule has 3 heterocycles. The lowest BCUT2D eigenvalue weighted by Gasteiger charge is -2.07. The van der Waals surface area contributed by atoms with E-state index in [-0.39, 0.29) is 5.25 Å². The van der Waals surface area contributed by atoms with Crippen molar-refractivity contribution in [3.63, 3.8) is 0 Å². The van der Waals surface area contributed by atoms with Crippen molar-refractivity contribution in [1.29, 1.82) is 0 Å². The molecule has 6 nitrogen and oxygen atoms in total. The Bertz CT molecular complexity index is 1090. The zero-order chi connectivity index (χ0) is 19.0. The molecular weight excluding hydrogens is 380 g/mol. The highest BCUT2D eigenvalue weighted by Crippen LogP contribution is 2.40. The number of benzene rings is 1. The van der Waals surface area contributed by atoms with Crippen LogP contribution in [0.25, 0.3) is 21.7 Å². The first-order valence-corrected chi connectivity index (χ1v) is 10.1. The molecule has 0 amide bonds. The third-order valence-electron chi connectivity index (χ3n) is 4.34. The molecule has 0 saturated carbocycles. The van der Waals surface area contributed by atoms with Crippen LogP contribution in [0, 0.1) is 13.8 Å². The zero-order valence-electron chi connectivity index (χ0n) is 15.4. The fraction of sp³-hybridized carbons (Fsp3) is 0.263. The van der Waals surface area contributed by atoms with Crippen molar-refractivity contribution >= 4 is 33.3 Å². The van der Waals surface area contributed by atoms with E-state index in [2.05, 4.69) is 34.0 Å². The van der Waals surface area contributed by atoms with Gasteiger partial charge in [0.2, 0.25) is 11.8 Å². The molecule has 1 atom stereocenters. The topological polar surface area (TPSA) is 73.9 Å². The summed E-state index contributed by atoms with van der Waals surface area (Å²) < 4.78 is 11.1. The number of hydrogen-bond donors (Lipinski definition) is 0. The number of aryl methyl sites for hydroxylation is 2. The number of nitrogens with zero attached hydrogens (tertiary/aromatic N) is 4. The number of thiophene rings is 1. The molecule has 0 bridgehead atoms. The number of fused-ring (bicyclic) bond motifs is 1. The lowest BCUT2D eigenvalue weighted by atomic mass is 10.2. The summed E-state index contributed by atoms with van der Waals surface area (Å²) in [6, 6.07) is 7.55. The van der Waals surface area contributed by atoms with Crippen LogP contribution in [0.3, 0.4) is 0 Å². The first-order valence-electron chi connectivity index (χ1n) is 8.42. The molecule has 0 aliphatic rings. The Balaban J connectivity index is 1.59. The van der Waals surface area contributed by atoms with E-state index in [4.69, 9.17) is 9.15 Å². The van der Waals surface area contributed by atoms with E-state index in [1.54, 1.807) is 36.5 Å². The third-order valence-corrected chi connectivity index (χ3v) is 6.55. The molecule has 0 N–H and O–H groups in total. The summed E-state index contributed by atoms with van der Waals surface area (Å²) >= 11 is 3.30. The predicted octanol–water partition coefficient (Wildman–Crippen LogP) is 5.22. The standard InChI is InChI=1S/C19H18N4O2S2/c1-10-11(2)26-18-15(10)19(21-9-20-18)27-12(3)16-22-23-17(25-16)13-5-7-14(24-4)8-6-13/h5-9,12H,1-4H3/t12-/m0/s1. The molecule has 138 valence electrons. The molecule has 0 aliphatic carbocycles. The molecule has 0 radical (unpaired) electrons. The van der Waals surface area contributed by atoms with Crippen molar-refractivity contribution in [2.45, 2.75) is 31.0 Å². The molecular formula is C19H18N4O2S2. The Hall–Kier alpha value is -2.45. The summed E-state index contributed by atoms with van der Waals surface area (Å²) in [6.45, 7) is 6.26. The van der Waals surface area contributed by atoms with E-state index in [0.717, 1.165) is 26.6 Å². The lowest BCUT2D eigenvalue weighted by molar-refractivity contribution is 0.415. The maximum atomic E-state index is 5.90. The second-order valence-electron chi connectivity index (χ2n) is 6.08. The quantitative estimate of drug-likeness (QED) is 0.337. The van der Waals surface area contributed by atoms with Crippen LogP contribution in [0.2, 0.25) is 0 Å². The Labute approximate surface area is 165 Å². The summed E-state index contributed by atoms with van der Waals surface area (Å²) in [4.78, 5) is 11.2. The monoisotopic (exact) mass is 398 g/mol. The van der Waals surface area contributed by atoms with Crippen molar-refractivity contribution in [1.82, 2.24) is 20.2 Å². The van der Waals surface area contributed by atoms with Gasteiger partial charge in [0.1, 0.15) is 21.9 Å². The Morgan fingerprint density at radius 2 is 1.89 bits per heavy atom. The number of aromatic nitrogens is 4. The van der Waals surface area contributed by atoms with Gasteiger partial charge < -0.3 is 9.15 Å². The van der Waals surface area contributed by atoms with Gasteiger partial charge in [-0.15, -0.1) is 21.5 Å². The number of hydrogen-bond acceptors (Lipinski definition) is 8. The average Bonchev–Trinajstić information content (AvgIpc) is 3.28. The summed E-state index contributed by atoms with van der Waals surface area (Å²) in [7, 11) is 1.64. The Morgan fingerprint density at radius 1 is 1.11 bits per heavy atom. The van der Waals surface area contributed by atoms with E-state index in [0.29, 0.717) is 11.8 Å². The third kappa shape index (κ3) is 3.42. The molecule has 4 aromatic rings. The van der Waals surface area contributed by atoms with Gasteiger partial charge in [-0.05, 0) is 50.6 Å². The summed E-state index contributed by atoms with van der Waals surface area (Å²) in [5, 5.41) is 10.5. The van der Waals surface area contributed by atoms with Gasteiger partial charge in [-0.25, -0.2) is 9.97 Å². The molecule has 8 heteroatoms. The van der Waals surface area contributed by atoms with Crippen molar-refractivity contribution in [2.75, 3.05) is 7.11 Å². The highest BCUT2D eigenvalue weighted by atomic mass is 32.2. The minimum absolute atomic E-state index is 0.0257. The van der Waals surface area contributed by atoms with Gasteiger partial charge in [0.15, 0.2) is 0 Å². The molecule has 0 spiro atoms. The summed E-state index contributed by atoms with van der Waals surface area (Å²) in [5.41, 5.74) is 2.09. The fourth-order valence-electron chi connectivity index (χ4n) is 2.71. The van der Waals surface area contributed by atoms with Crippen LogP contribution in [-0.2, 0) is 0 Å². The van der Waals surface area contributed by atoms with Crippen LogP contribution in [0.4, 0.5) is 0 Å². The van der Waals surface area contributed by atoms with Gasteiger partial charge in [0.25, 0.3) is 0 Å². The van der Waals surface area contributed by atoms with Crippen LogP contribution in [0.1, 0.15) is 28.5 Å². The number of methoxy groups -OCH3 is 1. The van der Waals surface area contributed by atoms with Crippen molar-refractivity contribution in [3.05, 3.63) is 46.9 Å².